The Bertz CT molecular complexity index is 1140. The largest absolute Gasteiger partial charge is 0.470 e. The number of rotatable bonds is 4. The fraction of sp³-hybridized carbons (Fsp3) is 0.286. The van der Waals surface area contributed by atoms with Crippen LogP contribution in [0, 0.1) is 5.82 Å². The summed E-state index contributed by atoms with van der Waals surface area (Å²) >= 11 is 0. The van der Waals surface area contributed by atoms with Gasteiger partial charge in [0, 0.05) is 46.6 Å². The fourth-order valence-corrected chi connectivity index (χ4v) is 4.33. The molecule has 2 amide bonds. The number of aromatic nitrogens is 2. The lowest BCUT2D eigenvalue weighted by Crippen LogP contribution is -2.48. The van der Waals surface area contributed by atoms with Crippen LogP contribution in [-0.2, 0) is 23.5 Å². The summed E-state index contributed by atoms with van der Waals surface area (Å²) < 4.78 is 67.8. The summed E-state index contributed by atoms with van der Waals surface area (Å²) in [5, 5.41) is 6.44. The Morgan fingerprint density at radius 3 is 2.24 bits per heavy atom. The van der Waals surface area contributed by atoms with E-state index in [1.54, 1.807) is 17.0 Å². The van der Waals surface area contributed by atoms with E-state index in [0.29, 0.717) is 41.4 Å². The van der Waals surface area contributed by atoms with Gasteiger partial charge >= 0.3 is 18.1 Å². The van der Waals surface area contributed by atoms with E-state index in [9.17, 15) is 26.6 Å². The van der Waals surface area contributed by atoms with Gasteiger partial charge in [-0.1, -0.05) is 12.1 Å². The minimum atomic E-state index is -4.73. The van der Waals surface area contributed by atoms with Gasteiger partial charge in [0.05, 0.1) is 6.54 Å². The van der Waals surface area contributed by atoms with Crippen LogP contribution >= 0.6 is 0 Å². The van der Waals surface area contributed by atoms with Crippen LogP contribution < -0.4 is 4.90 Å². The van der Waals surface area contributed by atoms with Crippen molar-refractivity contribution >= 4 is 22.5 Å². The van der Waals surface area contributed by atoms with Crippen molar-refractivity contribution in [3.8, 4) is 11.5 Å². The molecule has 174 valence electrons. The van der Waals surface area contributed by atoms with Crippen molar-refractivity contribution in [2.24, 2.45) is 0 Å². The van der Waals surface area contributed by atoms with Crippen molar-refractivity contribution < 1.29 is 31.0 Å². The topological polar surface area (TPSA) is 79.5 Å². The second-order valence-corrected chi connectivity index (χ2v) is 8.98. The van der Waals surface area contributed by atoms with Gasteiger partial charge in [0.15, 0.2) is 0 Å². The second-order valence-electron chi connectivity index (χ2n) is 7.29. The summed E-state index contributed by atoms with van der Waals surface area (Å²) in [4.78, 5) is 16.3. The summed E-state index contributed by atoms with van der Waals surface area (Å²) in [6.07, 6.45) is -4.73. The number of benzene rings is 2. The summed E-state index contributed by atoms with van der Waals surface area (Å²) in [5.41, 5.74) is 1.44. The lowest BCUT2D eigenvalue weighted by atomic mass is 10.1. The molecule has 0 N–H and O–H groups in total. The summed E-state index contributed by atoms with van der Waals surface area (Å²) in [6.45, 7) is 0.823. The molecule has 0 bridgehead atoms. The number of carbonyl (C=O) groups is 1. The van der Waals surface area contributed by atoms with E-state index in [0.717, 1.165) is 0 Å². The molecule has 0 aliphatic carbocycles. The molecule has 0 atom stereocenters. The minimum absolute atomic E-state index is 0.127. The van der Waals surface area contributed by atoms with Crippen LogP contribution in [0.15, 0.2) is 52.9 Å². The lowest BCUT2D eigenvalue weighted by Gasteiger charge is -2.33. The Balaban J connectivity index is 1.55. The SMILES string of the molecule is O=C(N1CCS(=O)CC1)N(Cc1ccc(-c2nnc(C(F)(F)F)o2)cc1)c1ccc(F)cc1. The average molecular weight is 482 g/mol. The maximum absolute atomic E-state index is 13.4. The highest BCUT2D eigenvalue weighted by Gasteiger charge is 2.38. The molecule has 12 heteroatoms. The number of nitrogens with zero attached hydrogens (tertiary/aromatic N) is 4. The number of alkyl halides is 3. The number of hydrogen-bond acceptors (Lipinski definition) is 5. The van der Waals surface area contributed by atoms with Crippen LogP contribution in [-0.4, -0.2) is 49.9 Å². The van der Waals surface area contributed by atoms with Gasteiger partial charge in [-0.05, 0) is 42.0 Å². The zero-order valence-electron chi connectivity index (χ0n) is 17.1. The maximum Gasteiger partial charge on any atom is 0.470 e. The van der Waals surface area contributed by atoms with Gasteiger partial charge in [0.25, 0.3) is 0 Å². The number of hydrogen-bond donors (Lipinski definition) is 0. The molecule has 4 rings (SSSR count). The number of amides is 2. The molecule has 0 saturated carbocycles. The number of halogens is 4. The van der Waals surface area contributed by atoms with Gasteiger partial charge < -0.3 is 9.32 Å². The highest BCUT2D eigenvalue weighted by molar-refractivity contribution is 7.85. The number of anilines is 1. The van der Waals surface area contributed by atoms with E-state index in [4.69, 9.17) is 0 Å². The predicted molar refractivity (Wildman–Crippen MR) is 112 cm³/mol. The summed E-state index contributed by atoms with van der Waals surface area (Å²) in [6, 6.07) is 11.4. The molecule has 0 radical (unpaired) electrons. The molecule has 1 aliphatic heterocycles. The molecule has 1 fully saturated rings. The third kappa shape index (κ3) is 5.38. The molecule has 0 unspecified atom stereocenters. The molecule has 33 heavy (non-hydrogen) atoms. The highest BCUT2D eigenvalue weighted by Crippen LogP contribution is 2.30. The van der Waals surface area contributed by atoms with Crippen molar-refractivity contribution in [2.75, 3.05) is 29.5 Å². The zero-order chi connectivity index (χ0) is 23.6. The lowest BCUT2D eigenvalue weighted by molar-refractivity contribution is -0.156. The molecule has 1 aromatic heterocycles. The third-order valence-corrected chi connectivity index (χ3v) is 6.30. The van der Waals surface area contributed by atoms with Crippen LogP contribution in [0.1, 0.15) is 11.5 Å². The first-order chi connectivity index (χ1) is 15.7. The first-order valence-corrected chi connectivity index (χ1v) is 11.4. The minimum Gasteiger partial charge on any atom is -0.413 e. The average Bonchev–Trinajstić information content (AvgIpc) is 3.30. The Hall–Kier alpha value is -3.28. The van der Waals surface area contributed by atoms with E-state index in [1.807, 2.05) is 0 Å². The number of carbonyl (C=O) groups excluding carboxylic acids is 1. The Kier molecular flexibility index (Phi) is 6.45. The third-order valence-electron chi connectivity index (χ3n) is 5.03. The fourth-order valence-electron chi connectivity index (χ4n) is 3.28. The first-order valence-electron chi connectivity index (χ1n) is 9.88. The quantitative estimate of drug-likeness (QED) is 0.524. The summed E-state index contributed by atoms with van der Waals surface area (Å²) in [5.74, 6) is -1.37. The maximum atomic E-state index is 13.4. The van der Waals surface area contributed by atoms with Crippen LogP contribution in [0.25, 0.3) is 11.5 Å². The van der Waals surface area contributed by atoms with Crippen molar-refractivity contribution in [3.05, 3.63) is 65.8 Å². The van der Waals surface area contributed by atoms with E-state index >= 15 is 0 Å². The Morgan fingerprint density at radius 1 is 1.03 bits per heavy atom. The molecule has 3 aromatic rings. The molecule has 1 aliphatic rings. The van der Waals surface area contributed by atoms with E-state index in [1.165, 1.54) is 41.3 Å². The Labute approximate surface area is 188 Å². The van der Waals surface area contributed by atoms with E-state index in [-0.39, 0.29) is 18.5 Å². The van der Waals surface area contributed by atoms with Gasteiger partial charge in [-0.3, -0.25) is 9.11 Å². The smallest absolute Gasteiger partial charge is 0.413 e. The van der Waals surface area contributed by atoms with Gasteiger partial charge in [-0.2, -0.15) is 13.2 Å². The Morgan fingerprint density at radius 2 is 1.67 bits per heavy atom. The van der Waals surface area contributed by atoms with Crippen LogP contribution in [0.5, 0.6) is 0 Å². The molecule has 0 spiro atoms. The van der Waals surface area contributed by atoms with Gasteiger partial charge in [0.1, 0.15) is 5.82 Å². The first kappa shape index (κ1) is 22.9. The molecule has 2 aromatic carbocycles. The van der Waals surface area contributed by atoms with Gasteiger partial charge in [-0.15, -0.1) is 10.2 Å². The van der Waals surface area contributed by atoms with Crippen molar-refractivity contribution in [1.29, 1.82) is 0 Å². The standard InChI is InChI=1S/C21H18F4N4O3S/c22-16-5-7-17(8-6-16)29(20(30)28-9-11-33(31)12-10-28)13-14-1-3-15(4-2-14)18-26-27-19(32-18)21(23,24)25/h1-8H,9-13H2. The van der Waals surface area contributed by atoms with Crippen LogP contribution in [0.4, 0.5) is 28.0 Å². The van der Waals surface area contributed by atoms with Crippen LogP contribution in [0.3, 0.4) is 0 Å². The number of urea groups is 1. The highest BCUT2D eigenvalue weighted by atomic mass is 32.2. The molecule has 2 heterocycles. The van der Waals surface area contributed by atoms with E-state index < -0.39 is 28.7 Å². The molecular formula is C21H18F4N4O3S. The van der Waals surface area contributed by atoms with Crippen LogP contribution in [0.2, 0.25) is 0 Å². The predicted octanol–water partition coefficient (Wildman–Crippen LogP) is 4.09. The van der Waals surface area contributed by atoms with E-state index in [2.05, 4.69) is 14.6 Å². The van der Waals surface area contributed by atoms with Crippen molar-refractivity contribution in [3.63, 3.8) is 0 Å². The van der Waals surface area contributed by atoms with Gasteiger partial charge in [-0.25, -0.2) is 9.18 Å². The van der Waals surface area contributed by atoms with Crippen molar-refractivity contribution in [2.45, 2.75) is 12.7 Å². The summed E-state index contributed by atoms with van der Waals surface area (Å²) in [7, 11) is -0.953. The monoisotopic (exact) mass is 482 g/mol. The molecule has 1 saturated heterocycles. The van der Waals surface area contributed by atoms with Crippen molar-refractivity contribution in [1.82, 2.24) is 15.1 Å². The second kappa shape index (κ2) is 9.30. The molecular weight excluding hydrogens is 464 g/mol. The normalized spacial score (nSPS) is 15.0. The molecule has 7 nitrogen and oxygen atoms in total. The van der Waals surface area contributed by atoms with Gasteiger partial charge in [0.2, 0.25) is 5.89 Å². The zero-order valence-corrected chi connectivity index (χ0v) is 17.9.